The third kappa shape index (κ3) is 2.95. The number of rotatable bonds is 3. The first-order valence-electron chi connectivity index (χ1n) is 6.07. The lowest BCUT2D eigenvalue weighted by Gasteiger charge is -2.15. The summed E-state index contributed by atoms with van der Waals surface area (Å²) in [4.78, 5) is 26.7. The summed E-state index contributed by atoms with van der Waals surface area (Å²) >= 11 is 5.83. The van der Waals surface area contributed by atoms with Gasteiger partial charge >= 0.3 is 11.7 Å². The summed E-state index contributed by atoms with van der Waals surface area (Å²) < 4.78 is 15.0. The van der Waals surface area contributed by atoms with Crippen LogP contribution in [0.2, 0.25) is 5.02 Å². The Hall–Kier alpha value is -2.21. The van der Waals surface area contributed by atoms with Gasteiger partial charge in [0.25, 0.3) is 0 Å². The van der Waals surface area contributed by atoms with Crippen molar-refractivity contribution in [2.45, 2.75) is 20.3 Å². The molecule has 0 aliphatic carbocycles. The fourth-order valence-electron chi connectivity index (χ4n) is 2.15. The van der Waals surface area contributed by atoms with E-state index < -0.39 is 17.5 Å². The van der Waals surface area contributed by atoms with Gasteiger partial charge in [-0.05, 0) is 32.0 Å². The number of benzene rings is 1. The van der Waals surface area contributed by atoms with Crippen molar-refractivity contribution >= 4 is 17.6 Å². The molecule has 0 atom stereocenters. The minimum atomic E-state index is -1.06. The van der Waals surface area contributed by atoms with Crippen LogP contribution in [0.4, 0.5) is 4.39 Å². The Morgan fingerprint density at radius 1 is 1.43 bits per heavy atom. The van der Waals surface area contributed by atoms with Gasteiger partial charge in [0.2, 0.25) is 0 Å². The number of hydrogen-bond donors (Lipinski definition) is 1. The van der Waals surface area contributed by atoms with Crippen molar-refractivity contribution in [1.29, 1.82) is 0 Å². The van der Waals surface area contributed by atoms with Crippen LogP contribution in [0.5, 0.6) is 0 Å². The summed E-state index contributed by atoms with van der Waals surface area (Å²) in [5.74, 6) is -1.70. The highest BCUT2D eigenvalue weighted by atomic mass is 35.5. The number of nitrogens with zero attached hydrogens (tertiary/aromatic N) is 2. The zero-order chi connectivity index (χ0) is 15.7. The van der Waals surface area contributed by atoms with Crippen molar-refractivity contribution in [3.05, 3.63) is 56.5 Å². The molecule has 0 saturated heterocycles. The number of hydrogen-bond acceptors (Lipinski definition) is 3. The SMILES string of the molecule is Cc1nc(=O)n(-c2cc(Cl)ccc2F)c(C)c1CC(=O)O. The second-order valence-corrected chi connectivity index (χ2v) is 4.98. The maximum atomic E-state index is 13.9. The molecule has 1 N–H and O–H groups in total. The van der Waals surface area contributed by atoms with Crippen LogP contribution in [-0.4, -0.2) is 20.6 Å². The Labute approximate surface area is 124 Å². The fourth-order valence-corrected chi connectivity index (χ4v) is 2.32. The van der Waals surface area contributed by atoms with Crippen LogP contribution in [-0.2, 0) is 11.2 Å². The third-order valence-electron chi connectivity index (χ3n) is 3.14. The summed E-state index contributed by atoms with van der Waals surface area (Å²) in [6.07, 6.45) is -0.298. The molecule has 110 valence electrons. The summed E-state index contributed by atoms with van der Waals surface area (Å²) in [7, 11) is 0. The standard InChI is InChI=1S/C14H12ClFN2O3/c1-7-10(6-13(19)20)8(2)18(14(21)17-7)12-5-9(15)3-4-11(12)16/h3-5H,6H2,1-2H3,(H,19,20). The smallest absolute Gasteiger partial charge is 0.352 e. The Morgan fingerprint density at radius 2 is 2.10 bits per heavy atom. The molecular weight excluding hydrogens is 299 g/mol. The van der Waals surface area contributed by atoms with E-state index >= 15 is 0 Å². The van der Waals surface area contributed by atoms with Crippen LogP contribution in [0, 0.1) is 19.7 Å². The quantitative estimate of drug-likeness (QED) is 0.944. The van der Waals surface area contributed by atoms with E-state index in [2.05, 4.69) is 4.98 Å². The number of aliphatic carboxylic acids is 1. The Balaban J connectivity index is 2.77. The predicted molar refractivity (Wildman–Crippen MR) is 75.6 cm³/mol. The van der Waals surface area contributed by atoms with E-state index in [1.54, 1.807) is 13.8 Å². The molecule has 0 saturated carbocycles. The van der Waals surface area contributed by atoms with Crippen molar-refractivity contribution < 1.29 is 14.3 Å². The minimum Gasteiger partial charge on any atom is -0.481 e. The number of carboxylic acids is 1. The van der Waals surface area contributed by atoms with E-state index in [-0.39, 0.29) is 17.1 Å². The van der Waals surface area contributed by atoms with Crippen LogP contribution < -0.4 is 5.69 Å². The summed E-state index contributed by atoms with van der Waals surface area (Å²) in [6, 6.07) is 3.80. The molecule has 0 amide bonds. The van der Waals surface area contributed by atoms with Crippen LogP contribution >= 0.6 is 11.6 Å². The molecule has 0 fully saturated rings. The second kappa shape index (κ2) is 5.65. The molecule has 2 aromatic rings. The van der Waals surface area contributed by atoms with Gasteiger partial charge in [-0.2, -0.15) is 4.98 Å². The van der Waals surface area contributed by atoms with Gasteiger partial charge in [-0.25, -0.2) is 9.18 Å². The monoisotopic (exact) mass is 310 g/mol. The van der Waals surface area contributed by atoms with Gasteiger partial charge in [-0.1, -0.05) is 11.6 Å². The van der Waals surface area contributed by atoms with Crippen LogP contribution in [0.15, 0.2) is 23.0 Å². The van der Waals surface area contributed by atoms with Crippen LogP contribution in [0.1, 0.15) is 17.0 Å². The van der Waals surface area contributed by atoms with Gasteiger partial charge in [0, 0.05) is 22.0 Å². The highest BCUT2D eigenvalue weighted by Crippen LogP contribution is 2.21. The van der Waals surface area contributed by atoms with E-state index in [0.717, 1.165) is 10.6 Å². The molecule has 1 aromatic heterocycles. The summed E-state index contributed by atoms with van der Waals surface area (Å²) in [5.41, 5.74) is 0.292. The van der Waals surface area contributed by atoms with E-state index in [0.29, 0.717) is 17.0 Å². The predicted octanol–water partition coefficient (Wildman–Crippen LogP) is 2.27. The summed E-state index contributed by atoms with van der Waals surface area (Å²) in [5, 5.41) is 9.20. The van der Waals surface area contributed by atoms with Gasteiger partial charge < -0.3 is 5.11 Å². The molecule has 7 heteroatoms. The highest BCUT2D eigenvalue weighted by Gasteiger charge is 2.17. The Kier molecular flexibility index (Phi) is 4.09. The number of carbonyl (C=O) groups is 1. The van der Waals surface area contributed by atoms with Crippen molar-refractivity contribution in [3.8, 4) is 5.69 Å². The molecule has 1 aromatic carbocycles. The zero-order valence-electron chi connectivity index (χ0n) is 11.4. The minimum absolute atomic E-state index is 0.0517. The fraction of sp³-hybridized carbons (Fsp3) is 0.214. The Morgan fingerprint density at radius 3 is 2.71 bits per heavy atom. The Bertz CT molecular complexity index is 787. The zero-order valence-corrected chi connectivity index (χ0v) is 12.1. The molecule has 1 heterocycles. The van der Waals surface area contributed by atoms with Crippen molar-refractivity contribution in [2.24, 2.45) is 0 Å². The highest BCUT2D eigenvalue weighted by molar-refractivity contribution is 6.30. The van der Waals surface area contributed by atoms with E-state index in [9.17, 15) is 14.0 Å². The van der Waals surface area contributed by atoms with Crippen molar-refractivity contribution in [1.82, 2.24) is 9.55 Å². The van der Waals surface area contributed by atoms with E-state index in [1.165, 1.54) is 12.1 Å². The third-order valence-corrected chi connectivity index (χ3v) is 3.38. The summed E-state index contributed by atoms with van der Waals surface area (Å²) in [6.45, 7) is 3.10. The molecule has 0 radical (unpaired) electrons. The molecule has 0 spiro atoms. The number of halogens is 2. The van der Waals surface area contributed by atoms with Crippen LogP contribution in [0.3, 0.4) is 0 Å². The van der Waals surface area contributed by atoms with Gasteiger partial charge in [-0.3, -0.25) is 9.36 Å². The normalized spacial score (nSPS) is 10.7. The maximum absolute atomic E-state index is 13.9. The first-order valence-corrected chi connectivity index (χ1v) is 6.45. The first-order chi connectivity index (χ1) is 9.81. The molecule has 5 nitrogen and oxygen atoms in total. The molecule has 2 rings (SSSR count). The van der Waals surface area contributed by atoms with Crippen LogP contribution in [0.25, 0.3) is 5.69 Å². The lowest BCUT2D eigenvalue weighted by molar-refractivity contribution is -0.136. The molecular formula is C14H12ClFN2O3. The second-order valence-electron chi connectivity index (χ2n) is 4.55. The number of carboxylic acid groups (broad SMARTS) is 1. The average Bonchev–Trinajstić information content (AvgIpc) is 2.38. The number of aromatic nitrogens is 2. The average molecular weight is 311 g/mol. The molecule has 0 bridgehead atoms. The van der Waals surface area contributed by atoms with Gasteiger partial charge in [-0.15, -0.1) is 0 Å². The largest absolute Gasteiger partial charge is 0.481 e. The van der Waals surface area contributed by atoms with Gasteiger partial charge in [0.15, 0.2) is 0 Å². The van der Waals surface area contributed by atoms with Gasteiger partial charge in [0.1, 0.15) is 5.82 Å². The molecule has 0 aliphatic heterocycles. The van der Waals surface area contributed by atoms with Gasteiger partial charge in [0.05, 0.1) is 12.1 Å². The first kappa shape index (κ1) is 15.2. The van der Waals surface area contributed by atoms with E-state index in [4.69, 9.17) is 16.7 Å². The topological polar surface area (TPSA) is 72.2 Å². The lowest BCUT2D eigenvalue weighted by Crippen LogP contribution is -2.27. The molecule has 0 unspecified atom stereocenters. The van der Waals surface area contributed by atoms with Crippen molar-refractivity contribution in [2.75, 3.05) is 0 Å². The lowest BCUT2D eigenvalue weighted by atomic mass is 10.1. The number of aryl methyl sites for hydroxylation is 1. The van der Waals surface area contributed by atoms with Crippen molar-refractivity contribution in [3.63, 3.8) is 0 Å². The maximum Gasteiger partial charge on any atom is 0.352 e. The molecule has 21 heavy (non-hydrogen) atoms. The molecule has 0 aliphatic rings. The van der Waals surface area contributed by atoms with E-state index in [1.807, 2.05) is 0 Å².